The summed E-state index contributed by atoms with van der Waals surface area (Å²) in [6.45, 7) is 5.43. The summed E-state index contributed by atoms with van der Waals surface area (Å²) >= 11 is 0. The minimum atomic E-state index is -1.82. The van der Waals surface area contributed by atoms with Crippen molar-refractivity contribution in [1.29, 1.82) is 0 Å². The molecule has 10 nitrogen and oxygen atoms in total. The molecule has 150 valence electrons. The first-order chi connectivity index (χ1) is 11.7. The summed E-state index contributed by atoms with van der Waals surface area (Å²) in [6, 6.07) is -0.346. The molecule has 5 N–H and O–H groups in total. The summed E-state index contributed by atoms with van der Waals surface area (Å²) in [6.07, 6.45) is 1.59. The van der Waals surface area contributed by atoms with Crippen LogP contribution in [0.3, 0.4) is 0 Å². The number of rotatable bonds is 2. The highest BCUT2D eigenvalue weighted by atomic mass is 16.6. The number of carbonyl (C=O) groups excluding carboxylic acids is 2. The molecule has 0 bridgehead atoms. The lowest BCUT2D eigenvalue weighted by Crippen LogP contribution is -2.53. The number of carboxylic acids is 2. The molecule has 1 aliphatic rings. The predicted molar refractivity (Wildman–Crippen MR) is 92.4 cm³/mol. The summed E-state index contributed by atoms with van der Waals surface area (Å²) in [7, 11) is 3.49. The normalized spacial score (nSPS) is 22.3. The molecule has 1 saturated carbocycles. The summed E-state index contributed by atoms with van der Waals surface area (Å²) in [5.74, 6) is -3.64. The second kappa shape index (κ2) is 9.95. The van der Waals surface area contributed by atoms with Gasteiger partial charge in [0.15, 0.2) is 0 Å². The van der Waals surface area contributed by atoms with Crippen molar-refractivity contribution in [2.75, 3.05) is 14.1 Å². The van der Waals surface area contributed by atoms with Gasteiger partial charge in [-0.25, -0.2) is 14.4 Å². The highest BCUT2D eigenvalue weighted by Crippen LogP contribution is 2.25. The molecule has 10 heteroatoms. The van der Waals surface area contributed by atoms with Crippen LogP contribution in [-0.2, 0) is 19.1 Å². The fourth-order valence-electron chi connectivity index (χ4n) is 2.41. The minimum Gasteiger partial charge on any atom is -0.473 e. The van der Waals surface area contributed by atoms with E-state index in [0.29, 0.717) is 6.42 Å². The van der Waals surface area contributed by atoms with Crippen molar-refractivity contribution in [2.45, 2.75) is 57.7 Å². The van der Waals surface area contributed by atoms with Gasteiger partial charge in [0.05, 0.1) is 0 Å². The SMILES string of the molecule is CN(C)C(=O)[C@H]1CC[C@H](N)[C@H](NC(=O)OC(C)(C)C)C1.O=C(O)C(=O)O. The van der Waals surface area contributed by atoms with Crippen LogP contribution in [0.25, 0.3) is 0 Å². The molecule has 0 aromatic carbocycles. The molecule has 0 spiro atoms. The van der Waals surface area contributed by atoms with Gasteiger partial charge in [-0.1, -0.05) is 0 Å². The van der Waals surface area contributed by atoms with Gasteiger partial charge in [-0.05, 0) is 40.0 Å². The molecule has 1 rings (SSSR count). The maximum atomic E-state index is 12.0. The van der Waals surface area contributed by atoms with Crippen LogP contribution in [0.5, 0.6) is 0 Å². The number of amides is 2. The van der Waals surface area contributed by atoms with Crippen LogP contribution in [0.1, 0.15) is 40.0 Å². The summed E-state index contributed by atoms with van der Waals surface area (Å²) in [4.78, 5) is 43.6. The Bertz CT molecular complexity index is 516. The fourth-order valence-corrected chi connectivity index (χ4v) is 2.41. The van der Waals surface area contributed by atoms with Crippen molar-refractivity contribution in [2.24, 2.45) is 11.7 Å². The lowest BCUT2D eigenvalue weighted by molar-refractivity contribution is -0.159. The number of alkyl carbamates (subject to hydrolysis) is 1. The van der Waals surface area contributed by atoms with E-state index in [9.17, 15) is 9.59 Å². The second-order valence-electron chi connectivity index (χ2n) is 7.27. The number of nitrogens with zero attached hydrogens (tertiary/aromatic N) is 1. The molecule has 3 atom stereocenters. The van der Waals surface area contributed by atoms with Gasteiger partial charge in [0.25, 0.3) is 0 Å². The van der Waals surface area contributed by atoms with E-state index >= 15 is 0 Å². The zero-order chi connectivity index (χ0) is 20.7. The van der Waals surface area contributed by atoms with E-state index in [-0.39, 0.29) is 23.9 Å². The third kappa shape index (κ3) is 9.21. The molecule has 1 aliphatic carbocycles. The Hall–Kier alpha value is -2.36. The van der Waals surface area contributed by atoms with Gasteiger partial charge in [0.1, 0.15) is 5.60 Å². The molecule has 0 saturated heterocycles. The van der Waals surface area contributed by atoms with Gasteiger partial charge in [-0.3, -0.25) is 4.79 Å². The molecule has 0 aromatic rings. The summed E-state index contributed by atoms with van der Waals surface area (Å²) in [5, 5.41) is 17.6. The lowest BCUT2D eigenvalue weighted by atomic mass is 9.82. The molecule has 26 heavy (non-hydrogen) atoms. The van der Waals surface area contributed by atoms with Crippen molar-refractivity contribution in [3.63, 3.8) is 0 Å². The van der Waals surface area contributed by atoms with Crippen LogP contribution in [0.2, 0.25) is 0 Å². The van der Waals surface area contributed by atoms with Gasteiger partial charge in [-0.15, -0.1) is 0 Å². The van der Waals surface area contributed by atoms with Crippen LogP contribution in [0.15, 0.2) is 0 Å². The maximum Gasteiger partial charge on any atom is 0.414 e. The van der Waals surface area contributed by atoms with Crippen molar-refractivity contribution in [3.8, 4) is 0 Å². The second-order valence-corrected chi connectivity index (χ2v) is 7.27. The minimum absolute atomic E-state index is 0.0789. The summed E-state index contributed by atoms with van der Waals surface area (Å²) < 4.78 is 5.23. The fraction of sp³-hybridized carbons (Fsp3) is 0.750. The first-order valence-electron chi connectivity index (χ1n) is 8.17. The predicted octanol–water partition coefficient (Wildman–Crippen LogP) is 0.251. The molecule has 0 heterocycles. The van der Waals surface area contributed by atoms with Crippen molar-refractivity contribution < 1.29 is 34.1 Å². The molecular weight excluding hydrogens is 346 g/mol. The molecule has 0 aliphatic heterocycles. The van der Waals surface area contributed by atoms with Crippen LogP contribution < -0.4 is 11.1 Å². The van der Waals surface area contributed by atoms with E-state index in [1.165, 1.54) is 0 Å². The third-order valence-corrected chi connectivity index (χ3v) is 3.58. The quantitative estimate of drug-likeness (QED) is 0.500. The molecule has 0 unspecified atom stereocenters. The van der Waals surface area contributed by atoms with Gasteiger partial charge < -0.3 is 30.9 Å². The number of carboxylic acid groups (broad SMARTS) is 2. The molecular formula is C16H29N3O7. The molecule has 0 radical (unpaired) electrons. The van der Waals surface area contributed by atoms with Gasteiger partial charge in [-0.2, -0.15) is 0 Å². The van der Waals surface area contributed by atoms with E-state index in [1.807, 2.05) is 20.8 Å². The number of nitrogens with two attached hydrogens (primary N) is 1. The average molecular weight is 375 g/mol. The highest BCUT2D eigenvalue weighted by Gasteiger charge is 2.34. The Morgan fingerprint density at radius 1 is 1.08 bits per heavy atom. The number of carbonyl (C=O) groups is 4. The Kier molecular flexibility index (Phi) is 9.05. The lowest BCUT2D eigenvalue weighted by Gasteiger charge is -2.35. The Labute approximate surface area is 152 Å². The van der Waals surface area contributed by atoms with E-state index in [0.717, 1.165) is 12.8 Å². The smallest absolute Gasteiger partial charge is 0.414 e. The third-order valence-electron chi connectivity index (χ3n) is 3.58. The van der Waals surface area contributed by atoms with Crippen molar-refractivity contribution >= 4 is 23.9 Å². The maximum absolute atomic E-state index is 12.0. The van der Waals surface area contributed by atoms with Crippen LogP contribution >= 0.6 is 0 Å². The van der Waals surface area contributed by atoms with E-state index < -0.39 is 23.6 Å². The number of hydrogen-bond acceptors (Lipinski definition) is 6. The summed E-state index contributed by atoms with van der Waals surface area (Å²) in [5.41, 5.74) is 5.49. The Morgan fingerprint density at radius 3 is 1.96 bits per heavy atom. The number of ether oxygens (including phenoxy) is 1. The topological polar surface area (TPSA) is 159 Å². The van der Waals surface area contributed by atoms with Crippen LogP contribution in [0.4, 0.5) is 4.79 Å². The Morgan fingerprint density at radius 2 is 1.58 bits per heavy atom. The number of aliphatic carboxylic acids is 2. The zero-order valence-electron chi connectivity index (χ0n) is 15.8. The number of hydrogen-bond donors (Lipinski definition) is 4. The average Bonchev–Trinajstić information content (AvgIpc) is 2.47. The monoisotopic (exact) mass is 375 g/mol. The van der Waals surface area contributed by atoms with E-state index in [1.54, 1.807) is 19.0 Å². The van der Waals surface area contributed by atoms with Crippen molar-refractivity contribution in [3.05, 3.63) is 0 Å². The Balaban J connectivity index is 0.000000896. The van der Waals surface area contributed by atoms with Crippen LogP contribution in [-0.4, -0.2) is 70.8 Å². The largest absolute Gasteiger partial charge is 0.473 e. The zero-order valence-corrected chi connectivity index (χ0v) is 15.8. The molecule has 1 fully saturated rings. The highest BCUT2D eigenvalue weighted by molar-refractivity contribution is 6.27. The van der Waals surface area contributed by atoms with Crippen LogP contribution in [0, 0.1) is 5.92 Å². The first kappa shape index (κ1) is 23.6. The molecule has 0 aromatic heterocycles. The molecule has 2 amide bonds. The van der Waals surface area contributed by atoms with Gasteiger partial charge in [0, 0.05) is 32.1 Å². The first-order valence-corrected chi connectivity index (χ1v) is 8.17. The van der Waals surface area contributed by atoms with Gasteiger partial charge >= 0.3 is 18.0 Å². The standard InChI is InChI=1S/C14H27N3O3.C2H2O4/c1-14(2,3)20-13(19)16-11-8-9(6-7-10(11)15)12(18)17(4)5;3-1(4)2(5)6/h9-11H,6-8,15H2,1-5H3,(H,16,19);(H,3,4)(H,5,6)/t9-,10-,11+;/m0./s1. The number of nitrogens with one attached hydrogen (secondary N) is 1. The van der Waals surface area contributed by atoms with E-state index in [2.05, 4.69) is 5.32 Å². The van der Waals surface area contributed by atoms with E-state index in [4.69, 9.17) is 30.3 Å². The van der Waals surface area contributed by atoms with Gasteiger partial charge in [0.2, 0.25) is 5.91 Å². The van der Waals surface area contributed by atoms with Crippen molar-refractivity contribution in [1.82, 2.24) is 10.2 Å².